The van der Waals surface area contributed by atoms with Gasteiger partial charge in [0.2, 0.25) is 5.91 Å². The van der Waals surface area contributed by atoms with E-state index in [1.165, 1.54) is 12.1 Å². The normalized spacial score (nSPS) is 14.6. The maximum Gasteiger partial charge on any atom is 0.306 e. The fourth-order valence-corrected chi connectivity index (χ4v) is 4.48. The van der Waals surface area contributed by atoms with Gasteiger partial charge in [-0.1, -0.05) is 72.8 Å². The highest BCUT2D eigenvalue weighted by Gasteiger charge is 2.38. The number of β-lactam (4-membered cyclic amide) rings is 1. The summed E-state index contributed by atoms with van der Waals surface area (Å²) in [4.78, 5) is 26.8. The first kappa shape index (κ1) is 25.2. The molecule has 0 bridgehead atoms. The van der Waals surface area contributed by atoms with Crippen LogP contribution in [-0.2, 0) is 27.5 Å². The molecule has 4 aromatic rings. The predicted molar refractivity (Wildman–Crippen MR) is 144 cm³/mol. The molecule has 6 heteroatoms. The third-order valence-electron chi connectivity index (χ3n) is 6.62. The van der Waals surface area contributed by atoms with Gasteiger partial charge in [0.25, 0.3) is 0 Å². The van der Waals surface area contributed by atoms with E-state index in [-0.39, 0.29) is 36.6 Å². The van der Waals surface area contributed by atoms with E-state index in [4.69, 9.17) is 9.47 Å². The Labute approximate surface area is 221 Å². The van der Waals surface area contributed by atoms with Crippen LogP contribution < -0.4 is 9.64 Å². The van der Waals surface area contributed by atoms with E-state index in [1.54, 1.807) is 11.0 Å². The molecular formula is C32H28FNO4. The molecule has 0 spiro atoms. The summed E-state index contributed by atoms with van der Waals surface area (Å²) in [5.74, 6) is -0.326. The monoisotopic (exact) mass is 509 g/mol. The van der Waals surface area contributed by atoms with E-state index in [0.717, 1.165) is 16.7 Å². The second-order valence-electron chi connectivity index (χ2n) is 9.29. The fraction of sp³-hybridized carbons (Fsp3) is 0.188. The quantitative estimate of drug-likeness (QED) is 0.180. The lowest BCUT2D eigenvalue weighted by atomic mass is 9.91. The van der Waals surface area contributed by atoms with Crippen molar-refractivity contribution in [1.29, 1.82) is 0 Å². The Balaban J connectivity index is 1.18. The summed E-state index contributed by atoms with van der Waals surface area (Å²) in [6.45, 7) is 1.15. The number of ether oxygens (including phenoxy) is 2. The Morgan fingerprint density at radius 3 is 2.16 bits per heavy atom. The van der Waals surface area contributed by atoms with E-state index < -0.39 is 0 Å². The number of esters is 1. The second-order valence-corrected chi connectivity index (χ2v) is 9.29. The summed E-state index contributed by atoms with van der Waals surface area (Å²) in [6.07, 6.45) is 0.602. The molecule has 0 aliphatic carbocycles. The van der Waals surface area contributed by atoms with E-state index in [9.17, 15) is 14.0 Å². The number of halogens is 1. The van der Waals surface area contributed by atoms with E-state index in [2.05, 4.69) is 0 Å². The minimum absolute atomic E-state index is 0.0727. The van der Waals surface area contributed by atoms with Gasteiger partial charge in [-0.2, -0.15) is 0 Å². The molecule has 1 aliphatic heterocycles. The Morgan fingerprint density at radius 1 is 0.842 bits per heavy atom. The number of hydrogen-bond donors (Lipinski definition) is 0. The Bertz CT molecular complexity index is 1390. The average molecular weight is 510 g/mol. The second kappa shape index (κ2) is 11.7. The SMILES string of the molecule is O=C(CCC1CN(c2ccc(F)cc2-c2ccc(OCc3ccccc3)cc2)C1=O)OCc1ccccc1. The molecule has 1 fully saturated rings. The van der Waals surface area contributed by atoms with Gasteiger partial charge >= 0.3 is 5.97 Å². The minimum Gasteiger partial charge on any atom is -0.489 e. The summed E-state index contributed by atoms with van der Waals surface area (Å²) in [7, 11) is 0. The molecular weight excluding hydrogens is 481 g/mol. The fourth-order valence-electron chi connectivity index (χ4n) is 4.48. The van der Waals surface area contributed by atoms with Crippen molar-refractivity contribution in [2.24, 2.45) is 5.92 Å². The maximum atomic E-state index is 14.2. The molecule has 1 aliphatic rings. The Morgan fingerprint density at radius 2 is 1.50 bits per heavy atom. The number of rotatable bonds is 10. The van der Waals surface area contributed by atoms with Gasteiger partial charge in [0.1, 0.15) is 24.8 Å². The van der Waals surface area contributed by atoms with Crippen molar-refractivity contribution >= 4 is 17.6 Å². The molecule has 5 nitrogen and oxygen atoms in total. The number of benzene rings is 4. The van der Waals surface area contributed by atoms with Crippen LogP contribution in [0.5, 0.6) is 5.75 Å². The van der Waals surface area contributed by atoms with Gasteiger partial charge in [-0.05, 0) is 53.4 Å². The molecule has 1 saturated heterocycles. The van der Waals surface area contributed by atoms with Crippen molar-refractivity contribution in [3.8, 4) is 16.9 Å². The minimum atomic E-state index is -0.376. The van der Waals surface area contributed by atoms with Crippen LogP contribution in [0.1, 0.15) is 24.0 Å². The highest BCUT2D eigenvalue weighted by atomic mass is 19.1. The third-order valence-corrected chi connectivity index (χ3v) is 6.62. The van der Waals surface area contributed by atoms with Gasteiger partial charge in [0.05, 0.1) is 11.6 Å². The van der Waals surface area contributed by atoms with E-state index in [1.807, 2.05) is 84.9 Å². The van der Waals surface area contributed by atoms with Crippen LogP contribution in [0.25, 0.3) is 11.1 Å². The van der Waals surface area contributed by atoms with Crippen LogP contribution in [0.4, 0.5) is 10.1 Å². The lowest BCUT2D eigenvalue weighted by Gasteiger charge is -2.39. The summed E-state index contributed by atoms with van der Waals surface area (Å²) < 4.78 is 25.4. The molecule has 0 saturated carbocycles. The zero-order valence-corrected chi connectivity index (χ0v) is 20.9. The van der Waals surface area contributed by atoms with Gasteiger partial charge in [-0.3, -0.25) is 9.59 Å². The van der Waals surface area contributed by atoms with Crippen LogP contribution >= 0.6 is 0 Å². The number of hydrogen-bond acceptors (Lipinski definition) is 4. The number of nitrogens with zero attached hydrogens (tertiary/aromatic N) is 1. The highest BCUT2D eigenvalue weighted by Crippen LogP contribution is 2.37. The molecule has 1 heterocycles. The molecule has 4 aromatic carbocycles. The van der Waals surface area contributed by atoms with Crippen molar-refractivity contribution < 1.29 is 23.5 Å². The Hall–Kier alpha value is -4.45. The first-order valence-corrected chi connectivity index (χ1v) is 12.6. The van der Waals surface area contributed by atoms with Gasteiger partial charge in [-0.15, -0.1) is 0 Å². The average Bonchev–Trinajstić information content (AvgIpc) is 2.96. The summed E-state index contributed by atoms with van der Waals surface area (Å²) >= 11 is 0. The molecule has 1 atom stereocenters. The summed E-state index contributed by atoms with van der Waals surface area (Å²) in [5, 5.41) is 0. The maximum absolute atomic E-state index is 14.2. The molecule has 1 unspecified atom stereocenters. The number of carbonyl (C=O) groups is 2. The number of amides is 1. The van der Waals surface area contributed by atoms with Crippen molar-refractivity contribution in [1.82, 2.24) is 0 Å². The smallest absolute Gasteiger partial charge is 0.306 e. The summed E-state index contributed by atoms with van der Waals surface area (Å²) in [5.41, 5.74) is 4.06. The van der Waals surface area contributed by atoms with Gasteiger partial charge in [0.15, 0.2) is 0 Å². The van der Waals surface area contributed by atoms with Crippen molar-refractivity contribution in [2.45, 2.75) is 26.1 Å². The first-order valence-electron chi connectivity index (χ1n) is 12.6. The highest BCUT2D eigenvalue weighted by molar-refractivity contribution is 6.04. The standard InChI is InChI=1S/C32H28FNO4/c33-27-14-17-30(29(19-27)25-11-15-28(16-12-25)37-21-23-7-3-1-4-8-23)34-20-26(32(34)36)13-18-31(35)38-22-24-9-5-2-6-10-24/h1-12,14-17,19,26H,13,18,20-22H2. The van der Waals surface area contributed by atoms with Gasteiger partial charge in [-0.25, -0.2) is 4.39 Å². The predicted octanol–water partition coefficient (Wildman–Crippen LogP) is 6.56. The van der Waals surface area contributed by atoms with Crippen molar-refractivity contribution in [2.75, 3.05) is 11.4 Å². The summed E-state index contributed by atoms with van der Waals surface area (Å²) in [6, 6.07) is 31.2. The molecule has 0 N–H and O–H groups in total. The van der Waals surface area contributed by atoms with Crippen LogP contribution in [0.15, 0.2) is 103 Å². The number of anilines is 1. The van der Waals surface area contributed by atoms with Gasteiger partial charge in [0, 0.05) is 18.5 Å². The lowest BCUT2D eigenvalue weighted by Crippen LogP contribution is -2.53. The molecule has 38 heavy (non-hydrogen) atoms. The van der Waals surface area contributed by atoms with Crippen LogP contribution in [0.3, 0.4) is 0 Å². The van der Waals surface area contributed by atoms with Crippen LogP contribution in [0.2, 0.25) is 0 Å². The zero-order chi connectivity index (χ0) is 26.3. The van der Waals surface area contributed by atoms with Crippen LogP contribution in [0, 0.1) is 11.7 Å². The van der Waals surface area contributed by atoms with Gasteiger partial charge < -0.3 is 14.4 Å². The molecule has 5 rings (SSSR count). The van der Waals surface area contributed by atoms with Crippen molar-refractivity contribution in [3.63, 3.8) is 0 Å². The topological polar surface area (TPSA) is 55.8 Å². The number of carbonyl (C=O) groups excluding carboxylic acids is 2. The zero-order valence-electron chi connectivity index (χ0n) is 20.9. The Kier molecular flexibility index (Phi) is 7.78. The molecule has 1 amide bonds. The van der Waals surface area contributed by atoms with Crippen molar-refractivity contribution in [3.05, 3.63) is 120 Å². The first-order chi connectivity index (χ1) is 18.6. The van der Waals surface area contributed by atoms with E-state index >= 15 is 0 Å². The van der Waals surface area contributed by atoms with E-state index in [0.29, 0.717) is 36.6 Å². The largest absolute Gasteiger partial charge is 0.489 e. The molecule has 0 radical (unpaired) electrons. The lowest BCUT2D eigenvalue weighted by molar-refractivity contribution is -0.145. The molecule has 0 aromatic heterocycles. The third kappa shape index (κ3) is 6.09. The molecule has 192 valence electrons. The van der Waals surface area contributed by atoms with Crippen LogP contribution in [-0.4, -0.2) is 18.4 Å².